The molecule has 0 aliphatic carbocycles. The largest absolute Gasteiger partial charge is 0.418 e. The Morgan fingerprint density at radius 2 is 1.72 bits per heavy atom. The van der Waals surface area contributed by atoms with Crippen LogP contribution in [0, 0.1) is 6.92 Å². The number of hydrogen-bond donors (Lipinski definition) is 1. The summed E-state index contributed by atoms with van der Waals surface area (Å²) in [6.07, 6.45) is -4.66. The van der Waals surface area contributed by atoms with Gasteiger partial charge in [-0.1, -0.05) is 18.2 Å². The van der Waals surface area contributed by atoms with E-state index in [-0.39, 0.29) is 23.0 Å². The smallest absolute Gasteiger partial charge is 0.345 e. The van der Waals surface area contributed by atoms with E-state index in [4.69, 9.17) is 0 Å². The van der Waals surface area contributed by atoms with Gasteiger partial charge in [-0.05, 0) is 37.3 Å². The summed E-state index contributed by atoms with van der Waals surface area (Å²) in [6.45, 7) is 1.42. The molecule has 2 amide bonds. The van der Waals surface area contributed by atoms with Gasteiger partial charge in [0.1, 0.15) is 0 Å². The molecule has 0 atom stereocenters. The summed E-state index contributed by atoms with van der Waals surface area (Å²) in [5.41, 5.74) is -1.95. The standard InChI is InChI=1S/C22H19F3N4O3/c1-13-11-18(30)19(27-29(13)17-10-5-4-9-16(17)22(23,24)25)20(31)26-15-8-6-7-14(12-15)21(32)28(2)3/h4-12H,1-3H3,(H,26,31). The maximum atomic E-state index is 13.4. The molecule has 10 heteroatoms. The third kappa shape index (κ3) is 4.69. The molecule has 3 aromatic rings. The van der Waals surface area contributed by atoms with Crippen LogP contribution in [0.25, 0.3) is 5.69 Å². The highest BCUT2D eigenvalue weighted by Crippen LogP contribution is 2.33. The van der Waals surface area contributed by atoms with Crippen LogP contribution in [0.2, 0.25) is 0 Å². The van der Waals surface area contributed by atoms with Crippen LogP contribution in [-0.4, -0.2) is 40.6 Å². The number of anilines is 1. The lowest BCUT2D eigenvalue weighted by atomic mass is 10.1. The molecular weight excluding hydrogens is 425 g/mol. The first kappa shape index (κ1) is 22.7. The van der Waals surface area contributed by atoms with Gasteiger partial charge in [-0.15, -0.1) is 0 Å². The van der Waals surface area contributed by atoms with E-state index in [2.05, 4.69) is 10.4 Å². The van der Waals surface area contributed by atoms with Gasteiger partial charge in [0.05, 0.1) is 11.3 Å². The minimum Gasteiger partial charge on any atom is -0.345 e. The van der Waals surface area contributed by atoms with Gasteiger partial charge in [0.2, 0.25) is 5.43 Å². The third-order valence-corrected chi connectivity index (χ3v) is 4.53. The third-order valence-electron chi connectivity index (χ3n) is 4.53. The van der Waals surface area contributed by atoms with E-state index in [0.29, 0.717) is 5.56 Å². The molecular formula is C22H19F3N4O3. The van der Waals surface area contributed by atoms with E-state index in [1.807, 2.05) is 0 Å². The SMILES string of the molecule is Cc1cc(=O)c(C(=O)Nc2cccc(C(=O)N(C)C)c2)nn1-c1ccccc1C(F)(F)F. The number of amides is 2. The minimum atomic E-state index is -4.66. The number of rotatable bonds is 4. The molecule has 7 nitrogen and oxygen atoms in total. The van der Waals surface area contributed by atoms with Crippen molar-refractivity contribution in [3.8, 4) is 5.69 Å². The summed E-state index contributed by atoms with van der Waals surface area (Å²) < 4.78 is 41.2. The zero-order valence-corrected chi connectivity index (χ0v) is 17.4. The molecule has 0 unspecified atom stereocenters. The normalized spacial score (nSPS) is 11.2. The lowest BCUT2D eigenvalue weighted by molar-refractivity contribution is -0.137. The molecule has 0 bridgehead atoms. The number of halogens is 3. The van der Waals surface area contributed by atoms with Crippen LogP contribution in [0.15, 0.2) is 59.4 Å². The molecule has 1 heterocycles. The molecule has 166 valence electrons. The van der Waals surface area contributed by atoms with Crippen LogP contribution in [0.4, 0.5) is 18.9 Å². The Balaban J connectivity index is 2.01. The van der Waals surface area contributed by atoms with E-state index >= 15 is 0 Å². The highest BCUT2D eigenvalue weighted by Gasteiger charge is 2.34. The minimum absolute atomic E-state index is 0.127. The summed E-state index contributed by atoms with van der Waals surface area (Å²) in [5, 5.41) is 6.38. The van der Waals surface area contributed by atoms with Gasteiger partial charge in [0, 0.05) is 37.1 Å². The van der Waals surface area contributed by atoms with E-state index in [1.54, 1.807) is 26.2 Å². The molecule has 0 saturated heterocycles. The first-order valence-corrected chi connectivity index (χ1v) is 9.39. The zero-order chi connectivity index (χ0) is 23.6. The first-order chi connectivity index (χ1) is 15.0. The maximum absolute atomic E-state index is 13.4. The molecule has 0 aliphatic rings. The van der Waals surface area contributed by atoms with Gasteiger partial charge in [0.25, 0.3) is 11.8 Å². The Morgan fingerprint density at radius 1 is 1.03 bits per heavy atom. The van der Waals surface area contributed by atoms with Crippen LogP contribution < -0.4 is 10.7 Å². The fraction of sp³-hybridized carbons (Fsp3) is 0.182. The highest BCUT2D eigenvalue weighted by atomic mass is 19.4. The van der Waals surface area contributed by atoms with Crippen molar-refractivity contribution in [1.29, 1.82) is 0 Å². The van der Waals surface area contributed by atoms with E-state index < -0.39 is 28.8 Å². The number of para-hydroxylation sites is 1. The highest BCUT2D eigenvalue weighted by molar-refractivity contribution is 6.03. The molecule has 2 aromatic carbocycles. The lowest BCUT2D eigenvalue weighted by Crippen LogP contribution is -2.28. The Kier molecular flexibility index (Phi) is 6.15. The number of aromatic nitrogens is 2. The van der Waals surface area contributed by atoms with Crippen molar-refractivity contribution in [3.05, 3.63) is 87.3 Å². The Hall–Kier alpha value is -3.95. The van der Waals surface area contributed by atoms with Gasteiger partial charge >= 0.3 is 6.18 Å². The monoisotopic (exact) mass is 444 g/mol. The number of carbonyl (C=O) groups is 2. The number of aryl methyl sites for hydroxylation is 1. The molecule has 0 fully saturated rings. The Bertz CT molecular complexity index is 1250. The van der Waals surface area contributed by atoms with Crippen LogP contribution in [-0.2, 0) is 6.18 Å². The molecule has 0 saturated carbocycles. The van der Waals surface area contributed by atoms with Gasteiger partial charge < -0.3 is 10.2 Å². The van der Waals surface area contributed by atoms with Crippen molar-refractivity contribution in [2.24, 2.45) is 0 Å². The second kappa shape index (κ2) is 8.66. The summed E-state index contributed by atoms with van der Waals surface area (Å²) in [7, 11) is 3.15. The zero-order valence-electron chi connectivity index (χ0n) is 17.4. The quantitative estimate of drug-likeness (QED) is 0.668. The van der Waals surface area contributed by atoms with Gasteiger partial charge in [-0.2, -0.15) is 18.3 Å². The van der Waals surface area contributed by atoms with Crippen molar-refractivity contribution in [3.63, 3.8) is 0 Å². The van der Waals surface area contributed by atoms with Crippen LogP contribution in [0.3, 0.4) is 0 Å². The number of nitrogens with one attached hydrogen (secondary N) is 1. The second-order valence-electron chi connectivity index (χ2n) is 7.16. The predicted molar refractivity (Wildman–Crippen MR) is 112 cm³/mol. The van der Waals surface area contributed by atoms with Gasteiger partial charge in [-0.3, -0.25) is 14.4 Å². The molecule has 0 aliphatic heterocycles. The molecule has 32 heavy (non-hydrogen) atoms. The number of benzene rings is 2. The number of nitrogens with zero attached hydrogens (tertiary/aromatic N) is 3. The predicted octanol–water partition coefficient (Wildman–Crippen LogP) is 3.51. The number of hydrogen-bond acceptors (Lipinski definition) is 4. The van der Waals surface area contributed by atoms with E-state index in [0.717, 1.165) is 16.8 Å². The topological polar surface area (TPSA) is 84.3 Å². The average molecular weight is 444 g/mol. The van der Waals surface area contributed by atoms with Crippen molar-refractivity contribution in [2.45, 2.75) is 13.1 Å². The van der Waals surface area contributed by atoms with Gasteiger partial charge in [-0.25, -0.2) is 4.68 Å². The first-order valence-electron chi connectivity index (χ1n) is 9.39. The Labute approximate surface area is 181 Å². The fourth-order valence-corrected chi connectivity index (χ4v) is 3.03. The average Bonchev–Trinajstić information content (AvgIpc) is 2.72. The van der Waals surface area contributed by atoms with Crippen molar-refractivity contribution in [2.75, 3.05) is 19.4 Å². The van der Waals surface area contributed by atoms with E-state index in [1.165, 1.54) is 42.2 Å². The molecule has 1 aromatic heterocycles. The Morgan fingerprint density at radius 3 is 2.38 bits per heavy atom. The molecule has 1 N–H and O–H groups in total. The molecule has 0 radical (unpaired) electrons. The second-order valence-corrected chi connectivity index (χ2v) is 7.16. The molecule has 0 spiro atoms. The fourth-order valence-electron chi connectivity index (χ4n) is 3.03. The van der Waals surface area contributed by atoms with Crippen LogP contribution >= 0.6 is 0 Å². The van der Waals surface area contributed by atoms with Crippen molar-refractivity contribution >= 4 is 17.5 Å². The number of carbonyl (C=O) groups excluding carboxylic acids is 2. The van der Waals surface area contributed by atoms with Crippen molar-refractivity contribution in [1.82, 2.24) is 14.7 Å². The number of alkyl halides is 3. The van der Waals surface area contributed by atoms with E-state index in [9.17, 15) is 27.6 Å². The van der Waals surface area contributed by atoms with Gasteiger partial charge in [0.15, 0.2) is 5.69 Å². The van der Waals surface area contributed by atoms with Crippen molar-refractivity contribution < 1.29 is 22.8 Å². The molecule has 3 rings (SSSR count). The van der Waals surface area contributed by atoms with Crippen LogP contribution in [0.1, 0.15) is 32.1 Å². The summed E-state index contributed by atoms with van der Waals surface area (Å²) in [4.78, 5) is 38.6. The summed E-state index contributed by atoms with van der Waals surface area (Å²) in [6, 6.07) is 11.8. The summed E-state index contributed by atoms with van der Waals surface area (Å²) >= 11 is 0. The summed E-state index contributed by atoms with van der Waals surface area (Å²) in [5.74, 6) is -1.21. The lowest BCUT2D eigenvalue weighted by Gasteiger charge is -2.16. The van der Waals surface area contributed by atoms with Crippen LogP contribution in [0.5, 0.6) is 0 Å². The maximum Gasteiger partial charge on any atom is 0.418 e.